The van der Waals surface area contributed by atoms with Gasteiger partial charge in [0.15, 0.2) is 5.82 Å². The molecule has 124 valence electrons. The van der Waals surface area contributed by atoms with Crippen molar-refractivity contribution < 1.29 is 17.9 Å². The van der Waals surface area contributed by atoms with E-state index < -0.39 is 22.0 Å². The largest absolute Gasteiger partial charge is 0.449 e. The number of aromatic amines is 1. The first-order chi connectivity index (χ1) is 10.9. The SMILES string of the molecule is CCOC(=O)NS(=O)(=O)CNc1n[nH]c(-c2cccnn2)c1Br. The molecule has 0 aliphatic rings. The van der Waals surface area contributed by atoms with Crippen LogP contribution in [0.2, 0.25) is 0 Å². The van der Waals surface area contributed by atoms with Gasteiger partial charge >= 0.3 is 6.09 Å². The summed E-state index contributed by atoms with van der Waals surface area (Å²) in [5.41, 5.74) is 1.07. The second kappa shape index (κ2) is 7.37. The third-order valence-electron chi connectivity index (χ3n) is 2.48. The van der Waals surface area contributed by atoms with Gasteiger partial charge in [-0.15, -0.1) is 5.10 Å². The number of ether oxygens (including phenoxy) is 1. The summed E-state index contributed by atoms with van der Waals surface area (Å²) in [6, 6.07) is 3.42. The lowest BCUT2D eigenvalue weighted by Gasteiger charge is -2.07. The van der Waals surface area contributed by atoms with Gasteiger partial charge in [-0.25, -0.2) is 17.9 Å². The molecule has 0 radical (unpaired) electrons. The van der Waals surface area contributed by atoms with Gasteiger partial charge in [0.05, 0.1) is 11.1 Å². The Morgan fingerprint density at radius 1 is 1.48 bits per heavy atom. The van der Waals surface area contributed by atoms with Crippen LogP contribution in [-0.4, -0.2) is 47.4 Å². The van der Waals surface area contributed by atoms with Gasteiger partial charge in [-0.05, 0) is 35.0 Å². The summed E-state index contributed by atoms with van der Waals surface area (Å²) in [5, 5.41) is 16.9. The highest BCUT2D eigenvalue weighted by molar-refractivity contribution is 9.10. The molecule has 0 saturated carbocycles. The number of nitrogens with zero attached hydrogens (tertiary/aromatic N) is 3. The van der Waals surface area contributed by atoms with Gasteiger partial charge in [-0.3, -0.25) is 5.10 Å². The number of nitrogens with one attached hydrogen (secondary N) is 3. The van der Waals surface area contributed by atoms with Crippen molar-refractivity contribution in [2.45, 2.75) is 6.92 Å². The van der Waals surface area contributed by atoms with Crippen LogP contribution < -0.4 is 10.0 Å². The van der Waals surface area contributed by atoms with E-state index in [-0.39, 0.29) is 12.4 Å². The molecule has 0 spiro atoms. The highest BCUT2D eigenvalue weighted by atomic mass is 79.9. The molecule has 2 rings (SSSR count). The Kier molecular flexibility index (Phi) is 5.50. The fraction of sp³-hybridized carbons (Fsp3) is 0.273. The molecule has 0 saturated heterocycles. The van der Waals surface area contributed by atoms with E-state index in [4.69, 9.17) is 0 Å². The minimum absolute atomic E-state index is 0.0706. The topological polar surface area (TPSA) is 139 Å². The molecule has 10 nitrogen and oxygen atoms in total. The molecule has 0 fully saturated rings. The number of sulfonamides is 1. The van der Waals surface area contributed by atoms with Gasteiger partial charge in [-0.1, -0.05) is 0 Å². The Morgan fingerprint density at radius 3 is 2.91 bits per heavy atom. The van der Waals surface area contributed by atoms with Gasteiger partial charge in [0.25, 0.3) is 10.0 Å². The molecule has 0 aliphatic heterocycles. The minimum Gasteiger partial charge on any atom is -0.449 e. The second-order valence-electron chi connectivity index (χ2n) is 4.13. The van der Waals surface area contributed by atoms with Gasteiger partial charge in [0, 0.05) is 6.20 Å². The average Bonchev–Trinajstić information content (AvgIpc) is 2.87. The predicted molar refractivity (Wildman–Crippen MR) is 84.9 cm³/mol. The fourth-order valence-electron chi connectivity index (χ4n) is 1.54. The molecule has 2 aromatic heterocycles. The van der Waals surface area contributed by atoms with Crippen molar-refractivity contribution in [2.24, 2.45) is 0 Å². The Balaban J connectivity index is 2.05. The Labute approximate surface area is 140 Å². The fourth-order valence-corrected chi connectivity index (χ4v) is 2.77. The van der Waals surface area contributed by atoms with E-state index in [9.17, 15) is 13.2 Å². The molecule has 2 aromatic rings. The highest BCUT2D eigenvalue weighted by Crippen LogP contribution is 2.30. The van der Waals surface area contributed by atoms with Crippen molar-refractivity contribution in [2.75, 3.05) is 17.8 Å². The molecule has 0 atom stereocenters. The van der Waals surface area contributed by atoms with E-state index in [2.05, 4.69) is 46.4 Å². The summed E-state index contributed by atoms with van der Waals surface area (Å²) in [7, 11) is -3.91. The van der Waals surface area contributed by atoms with Crippen molar-refractivity contribution in [1.82, 2.24) is 25.1 Å². The highest BCUT2D eigenvalue weighted by Gasteiger charge is 2.18. The number of carbonyl (C=O) groups is 1. The normalized spacial score (nSPS) is 11.0. The summed E-state index contributed by atoms with van der Waals surface area (Å²) in [6.07, 6.45) is 0.497. The van der Waals surface area contributed by atoms with Crippen LogP contribution in [0.3, 0.4) is 0 Å². The number of H-pyrrole nitrogens is 1. The van der Waals surface area contributed by atoms with Crippen LogP contribution in [0.4, 0.5) is 10.6 Å². The second-order valence-corrected chi connectivity index (χ2v) is 6.64. The smallest absolute Gasteiger partial charge is 0.420 e. The third-order valence-corrected chi connectivity index (χ3v) is 4.25. The van der Waals surface area contributed by atoms with E-state index in [0.29, 0.717) is 15.9 Å². The Hall–Kier alpha value is -2.21. The number of carbonyl (C=O) groups excluding carboxylic acids is 1. The molecule has 0 aromatic carbocycles. The number of aromatic nitrogens is 4. The van der Waals surface area contributed by atoms with Gasteiger partial charge in [-0.2, -0.15) is 10.2 Å². The third kappa shape index (κ3) is 4.63. The first-order valence-corrected chi connectivity index (χ1v) is 8.80. The predicted octanol–water partition coefficient (Wildman–Crippen LogP) is 1.07. The lowest BCUT2D eigenvalue weighted by atomic mass is 10.3. The quantitative estimate of drug-likeness (QED) is 0.649. The zero-order chi connectivity index (χ0) is 16.9. The lowest BCUT2D eigenvalue weighted by molar-refractivity contribution is 0.158. The van der Waals surface area contributed by atoms with Crippen molar-refractivity contribution in [3.05, 3.63) is 22.8 Å². The number of hydrogen-bond donors (Lipinski definition) is 3. The Morgan fingerprint density at radius 2 is 2.26 bits per heavy atom. The molecule has 23 heavy (non-hydrogen) atoms. The molecular formula is C11H13BrN6O4S. The number of hydrogen-bond acceptors (Lipinski definition) is 8. The maximum Gasteiger partial charge on any atom is 0.420 e. The zero-order valence-electron chi connectivity index (χ0n) is 11.9. The van der Waals surface area contributed by atoms with E-state index in [1.807, 2.05) is 0 Å². The summed E-state index contributed by atoms with van der Waals surface area (Å²) in [4.78, 5) is 11.1. The number of anilines is 1. The minimum atomic E-state index is -3.91. The van der Waals surface area contributed by atoms with Crippen LogP contribution in [0, 0.1) is 0 Å². The monoisotopic (exact) mass is 404 g/mol. The molecule has 1 amide bonds. The average molecular weight is 405 g/mol. The molecule has 3 N–H and O–H groups in total. The first kappa shape index (κ1) is 17.1. The van der Waals surface area contributed by atoms with Gasteiger partial charge < -0.3 is 10.1 Å². The summed E-state index contributed by atoms with van der Waals surface area (Å²) >= 11 is 3.30. The number of rotatable bonds is 6. The van der Waals surface area contributed by atoms with Gasteiger partial charge in [0.1, 0.15) is 17.3 Å². The van der Waals surface area contributed by atoms with Crippen LogP contribution in [0.15, 0.2) is 22.8 Å². The molecule has 2 heterocycles. The summed E-state index contributed by atoms with van der Waals surface area (Å²) in [5.74, 6) is -0.310. The maximum atomic E-state index is 11.7. The molecule has 0 aliphatic carbocycles. The summed E-state index contributed by atoms with van der Waals surface area (Å²) in [6.45, 7) is 1.64. The summed E-state index contributed by atoms with van der Waals surface area (Å²) < 4.78 is 30.2. The molecule has 0 bridgehead atoms. The standard InChI is InChI=1S/C11H13BrN6O4S/c1-2-22-11(19)18-23(20,21)6-13-10-8(12)9(16-17-10)7-4-3-5-14-15-7/h3-5H,2,6H2,1H3,(H,18,19)(H2,13,16,17). The van der Waals surface area contributed by atoms with Crippen LogP contribution in [0.5, 0.6) is 0 Å². The van der Waals surface area contributed by atoms with E-state index in [1.54, 1.807) is 23.8 Å². The van der Waals surface area contributed by atoms with Crippen LogP contribution in [0.25, 0.3) is 11.4 Å². The van der Waals surface area contributed by atoms with Crippen molar-refractivity contribution >= 4 is 37.9 Å². The van der Waals surface area contributed by atoms with E-state index in [1.165, 1.54) is 6.20 Å². The maximum absolute atomic E-state index is 11.7. The van der Waals surface area contributed by atoms with Gasteiger partial charge in [0.2, 0.25) is 0 Å². The van der Waals surface area contributed by atoms with E-state index >= 15 is 0 Å². The molecular weight excluding hydrogens is 392 g/mol. The number of amides is 1. The number of halogens is 1. The lowest BCUT2D eigenvalue weighted by Crippen LogP contribution is -2.35. The zero-order valence-corrected chi connectivity index (χ0v) is 14.3. The van der Waals surface area contributed by atoms with Crippen molar-refractivity contribution in [1.29, 1.82) is 0 Å². The van der Waals surface area contributed by atoms with Crippen LogP contribution in [-0.2, 0) is 14.8 Å². The van der Waals surface area contributed by atoms with Crippen LogP contribution in [0.1, 0.15) is 6.92 Å². The molecule has 0 unspecified atom stereocenters. The first-order valence-electron chi connectivity index (χ1n) is 6.36. The van der Waals surface area contributed by atoms with E-state index in [0.717, 1.165) is 0 Å². The Bertz CT molecular complexity index is 779. The van der Waals surface area contributed by atoms with Crippen LogP contribution >= 0.6 is 15.9 Å². The molecule has 12 heteroatoms. The van der Waals surface area contributed by atoms with Crippen molar-refractivity contribution in [3.63, 3.8) is 0 Å². The van der Waals surface area contributed by atoms with Crippen molar-refractivity contribution in [3.8, 4) is 11.4 Å².